The Hall–Kier alpha value is -5.03. The van der Waals surface area contributed by atoms with Gasteiger partial charge in [0.25, 0.3) is 5.91 Å². The molecule has 258 valence electrons. The smallest absolute Gasteiger partial charge is 0.480 e. The first-order chi connectivity index (χ1) is 22.4. The Balaban J connectivity index is 0.000000804. The number of carbonyl (C=O) groups excluding carboxylic acids is 1. The summed E-state index contributed by atoms with van der Waals surface area (Å²) >= 11 is 0. The summed E-state index contributed by atoms with van der Waals surface area (Å²) in [5, 5.41) is 28.2. The Bertz CT molecular complexity index is 1870. The van der Waals surface area contributed by atoms with Crippen LogP contribution in [0.3, 0.4) is 0 Å². The number of amides is 1. The van der Waals surface area contributed by atoms with Crippen LogP contribution in [-0.2, 0) is 33.1 Å². The minimum absolute atomic E-state index is 0.0330. The Labute approximate surface area is 274 Å². The van der Waals surface area contributed by atoms with E-state index in [1.165, 1.54) is 0 Å². The number of aryl methyl sites for hydroxylation is 5. The van der Waals surface area contributed by atoms with Gasteiger partial charge in [0.05, 0.1) is 16.1 Å². The molecule has 48 heavy (non-hydrogen) atoms. The lowest BCUT2D eigenvalue weighted by Gasteiger charge is -2.18. The highest BCUT2D eigenvalue weighted by atomic mass is 32.2. The molecule has 1 amide bonds. The second-order valence-corrected chi connectivity index (χ2v) is 12.5. The maximum absolute atomic E-state index is 13.1. The van der Waals surface area contributed by atoms with E-state index in [4.69, 9.17) is 9.90 Å². The van der Waals surface area contributed by atoms with Crippen LogP contribution >= 0.6 is 0 Å². The quantitative estimate of drug-likeness (QED) is 0.137. The summed E-state index contributed by atoms with van der Waals surface area (Å²) < 4.78 is 61.8. The molecule has 2 aromatic carbocycles. The number of nitrogens with one attached hydrogen (secondary N) is 3. The molecule has 17 heteroatoms. The second-order valence-electron chi connectivity index (χ2n) is 10.8. The lowest BCUT2D eigenvalue weighted by Crippen LogP contribution is -2.48. The highest BCUT2D eigenvalue weighted by Crippen LogP contribution is 2.23. The van der Waals surface area contributed by atoms with Crippen LogP contribution in [0.25, 0.3) is 10.9 Å². The van der Waals surface area contributed by atoms with Crippen molar-refractivity contribution >= 4 is 44.6 Å². The molecule has 13 nitrogen and oxygen atoms in total. The Morgan fingerprint density at radius 2 is 1.65 bits per heavy atom. The Morgan fingerprint density at radius 3 is 2.21 bits per heavy atom. The van der Waals surface area contributed by atoms with Gasteiger partial charge in [-0.1, -0.05) is 29.8 Å². The number of pyridine rings is 1. The number of hydrogen-bond donors (Lipinski definition) is 5. The molecule has 4 aromatic rings. The first-order valence-electron chi connectivity index (χ1n) is 14.4. The minimum Gasteiger partial charge on any atom is -0.480 e. The normalized spacial score (nSPS) is 12.1. The van der Waals surface area contributed by atoms with Crippen molar-refractivity contribution in [3.05, 3.63) is 82.7 Å². The van der Waals surface area contributed by atoms with E-state index in [0.717, 1.165) is 47.4 Å². The van der Waals surface area contributed by atoms with Crippen molar-refractivity contribution in [3.63, 3.8) is 0 Å². The van der Waals surface area contributed by atoms with Crippen LogP contribution in [0.4, 0.5) is 19.0 Å². The predicted molar refractivity (Wildman–Crippen MR) is 170 cm³/mol. The number of rotatable bonds is 12. The molecule has 0 fully saturated rings. The van der Waals surface area contributed by atoms with E-state index in [0.29, 0.717) is 16.7 Å². The molecule has 2 aromatic heterocycles. The zero-order valence-corrected chi connectivity index (χ0v) is 27.2. The molecular formula is C31H35F3N6O7S. The van der Waals surface area contributed by atoms with E-state index in [9.17, 15) is 36.3 Å². The fourth-order valence-corrected chi connectivity index (χ4v) is 6.55. The van der Waals surface area contributed by atoms with Crippen molar-refractivity contribution in [2.24, 2.45) is 7.05 Å². The number of hydrogen-bond acceptors (Lipinski definition) is 8. The number of halogens is 3. The molecule has 5 N–H and O–H groups in total. The van der Waals surface area contributed by atoms with E-state index >= 15 is 0 Å². The van der Waals surface area contributed by atoms with Gasteiger partial charge in [-0.25, -0.2) is 18.2 Å². The van der Waals surface area contributed by atoms with Crippen molar-refractivity contribution in [1.82, 2.24) is 24.8 Å². The van der Waals surface area contributed by atoms with Gasteiger partial charge in [-0.2, -0.15) is 23.0 Å². The number of aliphatic carboxylic acids is 2. The molecule has 1 atom stereocenters. The summed E-state index contributed by atoms with van der Waals surface area (Å²) in [5.41, 5.74) is 3.88. The highest BCUT2D eigenvalue weighted by molar-refractivity contribution is 7.89. The first-order valence-corrected chi connectivity index (χ1v) is 15.9. The SMILES string of the molecule is Cc1cc(C)c(S(=O)(=O)NC(CNC(=O)c2ccc3c(CCCNc4ccccn4)nn(C)c3c2)C(=O)O)c(C)c1.O=C(O)C(F)(F)F. The minimum atomic E-state index is -5.08. The molecule has 0 radical (unpaired) electrons. The van der Waals surface area contributed by atoms with Gasteiger partial charge in [0, 0.05) is 37.3 Å². The molecule has 0 aliphatic carbocycles. The number of anilines is 1. The molecule has 0 saturated carbocycles. The molecule has 0 bridgehead atoms. The number of benzene rings is 2. The maximum Gasteiger partial charge on any atom is 0.490 e. The molecule has 4 rings (SSSR count). The van der Waals surface area contributed by atoms with Crippen LogP contribution in [-0.4, -0.2) is 76.5 Å². The van der Waals surface area contributed by atoms with E-state index in [-0.39, 0.29) is 4.90 Å². The number of fused-ring (bicyclic) bond motifs is 1. The number of carboxylic acids is 2. The third-order valence-electron chi connectivity index (χ3n) is 6.93. The van der Waals surface area contributed by atoms with E-state index in [1.807, 2.05) is 31.2 Å². The van der Waals surface area contributed by atoms with Crippen LogP contribution in [0.15, 0.2) is 59.6 Å². The summed E-state index contributed by atoms with van der Waals surface area (Å²) in [6.45, 7) is 5.46. The molecule has 0 spiro atoms. The van der Waals surface area contributed by atoms with Gasteiger partial charge in [0.2, 0.25) is 10.0 Å². The molecule has 1 unspecified atom stereocenters. The maximum atomic E-state index is 13.1. The van der Waals surface area contributed by atoms with E-state index in [2.05, 4.69) is 25.4 Å². The van der Waals surface area contributed by atoms with Crippen molar-refractivity contribution in [3.8, 4) is 0 Å². The molecule has 2 heterocycles. The van der Waals surface area contributed by atoms with Crippen LogP contribution < -0.4 is 15.4 Å². The summed E-state index contributed by atoms with van der Waals surface area (Å²) in [4.78, 5) is 38.0. The monoisotopic (exact) mass is 692 g/mol. The van der Waals surface area contributed by atoms with E-state index < -0.39 is 46.6 Å². The van der Waals surface area contributed by atoms with Crippen LogP contribution in [0, 0.1) is 20.8 Å². The third-order valence-corrected chi connectivity index (χ3v) is 8.71. The molecule has 0 aliphatic rings. The molecule has 0 saturated heterocycles. The van der Waals surface area contributed by atoms with Gasteiger partial charge in [0.15, 0.2) is 0 Å². The van der Waals surface area contributed by atoms with Crippen molar-refractivity contribution in [2.45, 2.75) is 50.7 Å². The van der Waals surface area contributed by atoms with Gasteiger partial charge in [-0.15, -0.1) is 0 Å². The number of alkyl halides is 3. The number of sulfonamides is 1. The average molecular weight is 693 g/mol. The van der Waals surface area contributed by atoms with Crippen LogP contribution in [0.5, 0.6) is 0 Å². The largest absolute Gasteiger partial charge is 0.490 e. The van der Waals surface area contributed by atoms with Gasteiger partial charge in [-0.05, 0) is 69.0 Å². The van der Waals surface area contributed by atoms with Gasteiger partial charge in [0.1, 0.15) is 11.9 Å². The van der Waals surface area contributed by atoms with Crippen molar-refractivity contribution < 1.29 is 46.2 Å². The average Bonchev–Trinajstić information content (AvgIpc) is 3.31. The number of carbonyl (C=O) groups is 3. The summed E-state index contributed by atoms with van der Waals surface area (Å²) in [6.07, 6.45) is -1.79. The first kappa shape index (κ1) is 37.4. The van der Waals surface area contributed by atoms with Crippen LogP contribution in [0.1, 0.15) is 39.2 Å². The second kappa shape index (κ2) is 15.7. The van der Waals surface area contributed by atoms with Gasteiger partial charge >= 0.3 is 18.1 Å². The third kappa shape index (κ3) is 9.98. The van der Waals surface area contributed by atoms with Crippen molar-refractivity contribution in [1.29, 1.82) is 0 Å². The topological polar surface area (TPSA) is 193 Å². The lowest BCUT2D eigenvalue weighted by atomic mass is 10.1. The Morgan fingerprint density at radius 1 is 1.00 bits per heavy atom. The van der Waals surface area contributed by atoms with Crippen LogP contribution in [0.2, 0.25) is 0 Å². The highest BCUT2D eigenvalue weighted by Gasteiger charge is 2.38. The Kier molecular flexibility index (Phi) is 12.2. The fraction of sp³-hybridized carbons (Fsp3) is 0.323. The fourth-order valence-electron chi connectivity index (χ4n) is 4.91. The summed E-state index contributed by atoms with van der Waals surface area (Å²) in [5.74, 6) is -3.87. The van der Waals surface area contributed by atoms with Crippen molar-refractivity contribution in [2.75, 3.05) is 18.4 Å². The number of carboxylic acid groups (broad SMARTS) is 2. The lowest BCUT2D eigenvalue weighted by molar-refractivity contribution is -0.192. The predicted octanol–water partition coefficient (Wildman–Crippen LogP) is 3.73. The summed E-state index contributed by atoms with van der Waals surface area (Å²) in [6, 6.07) is 12.7. The number of aromatic nitrogens is 3. The number of nitrogens with zero attached hydrogens (tertiary/aromatic N) is 3. The zero-order valence-electron chi connectivity index (χ0n) is 26.4. The molecular weight excluding hydrogens is 657 g/mol. The van der Waals surface area contributed by atoms with E-state index in [1.54, 1.807) is 56.0 Å². The van der Waals surface area contributed by atoms with Gasteiger partial charge in [-0.3, -0.25) is 14.3 Å². The van der Waals surface area contributed by atoms with Gasteiger partial charge < -0.3 is 20.8 Å². The summed E-state index contributed by atoms with van der Waals surface area (Å²) in [7, 11) is -2.36. The standard InChI is InChI=1S/C29H34N6O5S.C2HF3O2/c1-18-14-19(2)27(20(3)15-18)41(39,40)34-24(29(37)38)17-32-28(36)21-10-11-22-23(33-35(4)25(22)16-21)8-7-13-31-26-9-5-6-12-30-26;3-2(4,5)1(6)7/h5-6,9-12,14-16,24,34H,7-8,13,17H2,1-4H3,(H,30,31)(H,32,36)(H,37,38);(H,6,7). The zero-order chi connectivity index (χ0) is 35.8. The molecule has 0 aliphatic heterocycles.